The lowest BCUT2D eigenvalue weighted by atomic mass is 10.1. The van der Waals surface area contributed by atoms with Crippen LogP contribution in [0.15, 0.2) is 12.7 Å². The first-order valence-electron chi connectivity index (χ1n) is 6.30. The van der Waals surface area contributed by atoms with Crippen LogP contribution in [0.3, 0.4) is 0 Å². The third-order valence-corrected chi connectivity index (χ3v) is 3.86. The summed E-state index contributed by atoms with van der Waals surface area (Å²) in [5.74, 6) is 0.170. The Morgan fingerprint density at radius 3 is 2.91 bits per heavy atom. The molecule has 1 aliphatic rings. The van der Waals surface area contributed by atoms with Crippen LogP contribution in [0.5, 0.6) is 0 Å². The fourth-order valence-corrected chi connectivity index (χ4v) is 2.94. The molecule has 2 aromatic heterocycles. The number of fused-ring (bicyclic) bond motifs is 1. The summed E-state index contributed by atoms with van der Waals surface area (Å²) in [6.45, 7) is -0.489. The van der Waals surface area contributed by atoms with E-state index in [0.29, 0.717) is 11.2 Å². The third kappa shape index (κ3) is 2.47. The number of rotatable bonds is 4. The summed E-state index contributed by atoms with van der Waals surface area (Å²) in [6, 6.07) is 0. The third-order valence-electron chi connectivity index (χ3n) is 3.39. The van der Waals surface area contributed by atoms with Crippen molar-refractivity contribution >= 4 is 25.2 Å². The average Bonchev–Trinajstić information content (AvgIpc) is 3.02. The molecule has 1 aliphatic heterocycles. The molecule has 0 saturated carbocycles. The van der Waals surface area contributed by atoms with Gasteiger partial charge in [-0.05, 0) is 0 Å². The number of aliphatic hydroxyl groups is 2. The minimum absolute atomic E-state index is 0.170. The molecule has 0 radical (unpaired) electrons. The highest BCUT2D eigenvalue weighted by Crippen LogP contribution is 2.36. The Kier molecular flexibility index (Phi) is 4.08. The second kappa shape index (κ2) is 5.88. The number of anilines is 1. The van der Waals surface area contributed by atoms with Crippen LogP contribution in [0, 0.1) is 0 Å². The predicted octanol–water partition coefficient (Wildman–Crippen LogP) is -1.57. The average molecular weight is 331 g/mol. The van der Waals surface area contributed by atoms with E-state index in [-0.39, 0.29) is 5.82 Å². The first kappa shape index (κ1) is 15.3. The summed E-state index contributed by atoms with van der Waals surface area (Å²) in [4.78, 5) is 20.8. The first-order valence-corrected chi connectivity index (χ1v) is 7.56. The molecule has 3 heterocycles. The summed E-state index contributed by atoms with van der Waals surface area (Å²) in [6.07, 6.45) is -1.82. The molecule has 1 saturated heterocycles. The van der Waals surface area contributed by atoms with Crippen LogP contribution in [0.4, 0.5) is 5.82 Å². The van der Waals surface area contributed by atoms with Gasteiger partial charge in [0.15, 0.2) is 17.7 Å². The molecule has 12 heteroatoms. The van der Waals surface area contributed by atoms with E-state index in [4.69, 9.17) is 19.9 Å². The maximum absolute atomic E-state index is 10.9. The van der Waals surface area contributed by atoms with Gasteiger partial charge in [0.1, 0.15) is 30.2 Å². The zero-order chi connectivity index (χ0) is 15.9. The van der Waals surface area contributed by atoms with Gasteiger partial charge in [-0.3, -0.25) is 9.13 Å². The van der Waals surface area contributed by atoms with E-state index in [2.05, 4.69) is 15.0 Å². The molecule has 0 bridgehead atoms. The molecule has 0 amide bonds. The molecule has 5 N–H and O–H groups in total. The second-order valence-corrected chi connectivity index (χ2v) is 5.44. The molecule has 22 heavy (non-hydrogen) atoms. The van der Waals surface area contributed by atoms with Gasteiger partial charge in [0.2, 0.25) is 0 Å². The molecule has 5 atom stereocenters. The van der Waals surface area contributed by atoms with Crippen LogP contribution in [-0.2, 0) is 13.8 Å². The predicted molar refractivity (Wildman–Crippen MR) is 72.8 cm³/mol. The second-order valence-electron chi connectivity index (χ2n) is 4.67. The van der Waals surface area contributed by atoms with E-state index >= 15 is 0 Å². The Morgan fingerprint density at radius 1 is 1.45 bits per heavy atom. The Hall–Kier alpha value is -1.62. The largest absolute Gasteiger partial charge is 0.394 e. The summed E-state index contributed by atoms with van der Waals surface area (Å²) in [7, 11) is -3.30. The van der Waals surface area contributed by atoms with Gasteiger partial charge in [-0.1, -0.05) is 0 Å². The minimum Gasteiger partial charge on any atom is -0.394 e. The van der Waals surface area contributed by atoms with Gasteiger partial charge in [0.05, 0.1) is 12.9 Å². The van der Waals surface area contributed by atoms with Crippen LogP contribution in [0.2, 0.25) is 0 Å². The van der Waals surface area contributed by atoms with E-state index in [1.807, 2.05) is 0 Å². The Bertz CT molecular complexity index is 710. The van der Waals surface area contributed by atoms with Crippen molar-refractivity contribution in [1.82, 2.24) is 19.5 Å². The van der Waals surface area contributed by atoms with Gasteiger partial charge in [0.25, 0.3) is 0 Å². The number of ether oxygens (including phenoxy) is 1. The van der Waals surface area contributed by atoms with Gasteiger partial charge >= 0.3 is 8.25 Å². The molecule has 0 aromatic carbocycles. The molecule has 1 fully saturated rings. The molecular formula is C10H14N5O6P. The summed E-state index contributed by atoms with van der Waals surface area (Å²) in [5.41, 5.74) is 6.34. The highest BCUT2D eigenvalue weighted by molar-refractivity contribution is 7.32. The number of hydrogen-bond donors (Lipinski definition) is 4. The van der Waals surface area contributed by atoms with Crippen molar-refractivity contribution in [2.75, 3.05) is 12.3 Å². The first-order chi connectivity index (χ1) is 10.5. The lowest BCUT2D eigenvalue weighted by molar-refractivity contribution is -0.0504. The van der Waals surface area contributed by atoms with E-state index < -0.39 is 39.4 Å². The molecule has 11 nitrogen and oxygen atoms in total. The van der Waals surface area contributed by atoms with Gasteiger partial charge in [-0.2, -0.15) is 0 Å². The number of imidazole rings is 1. The Balaban J connectivity index is 1.97. The van der Waals surface area contributed by atoms with Crippen LogP contribution in [-0.4, -0.2) is 59.5 Å². The quantitative estimate of drug-likeness (QED) is 0.480. The van der Waals surface area contributed by atoms with Crippen molar-refractivity contribution in [3.63, 3.8) is 0 Å². The molecule has 2 aromatic rings. The lowest BCUT2D eigenvalue weighted by Gasteiger charge is -2.18. The fraction of sp³-hybridized carbons (Fsp3) is 0.500. The van der Waals surface area contributed by atoms with Crippen molar-refractivity contribution in [3.05, 3.63) is 12.7 Å². The van der Waals surface area contributed by atoms with Crippen LogP contribution in [0.25, 0.3) is 11.2 Å². The Labute approximate surface area is 124 Å². The van der Waals surface area contributed by atoms with E-state index in [0.717, 1.165) is 0 Å². The topological polar surface area (TPSA) is 166 Å². The van der Waals surface area contributed by atoms with E-state index in [9.17, 15) is 14.8 Å². The normalized spacial score (nSPS) is 30.0. The van der Waals surface area contributed by atoms with Crippen molar-refractivity contribution in [1.29, 1.82) is 0 Å². The summed E-state index contributed by atoms with van der Waals surface area (Å²) in [5, 5.41) is 19.6. The SMILES string of the molecule is Nc1ncnc2c1ncn2[C@@H]1O[C@H](CO)C(O[PH](=O)O)C1O. The smallest absolute Gasteiger partial charge is 0.317 e. The van der Waals surface area contributed by atoms with E-state index in [1.54, 1.807) is 0 Å². The van der Waals surface area contributed by atoms with Crippen molar-refractivity contribution in [3.8, 4) is 0 Å². The maximum atomic E-state index is 10.9. The van der Waals surface area contributed by atoms with Gasteiger partial charge in [-0.25, -0.2) is 15.0 Å². The number of nitrogens with two attached hydrogens (primary N) is 1. The number of nitrogens with zero attached hydrogens (tertiary/aromatic N) is 4. The van der Waals surface area contributed by atoms with Crippen LogP contribution < -0.4 is 5.73 Å². The standard InChI is InChI=1S/C10H14N5O6P/c11-8-5-9(13-2-12-8)15(3-14-5)10-6(17)7(21-22(18)19)4(1-16)20-10/h2-4,6-7,10,16-17,22H,1H2,(H,18,19)(H2,11,12,13)/t4-,6?,7?,10-/m1/s1. The molecule has 0 spiro atoms. The zero-order valence-electron chi connectivity index (χ0n) is 11.1. The summed E-state index contributed by atoms with van der Waals surface area (Å²) < 4.78 is 22.5. The molecule has 3 rings (SSSR count). The number of aliphatic hydroxyl groups excluding tert-OH is 2. The monoisotopic (exact) mass is 331 g/mol. The zero-order valence-corrected chi connectivity index (χ0v) is 12.1. The van der Waals surface area contributed by atoms with Crippen molar-refractivity contribution in [2.45, 2.75) is 24.5 Å². The van der Waals surface area contributed by atoms with Gasteiger partial charge < -0.3 is 30.1 Å². The molecule has 120 valence electrons. The molecule has 0 aliphatic carbocycles. The fourth-order valence-electron chi connectivity index (χ4n) is 2.41. The number of aromatic nitrogens is 4. The summed E-state index contributed by atoms with van der Waals surface area (Å²) >= 11 is 0. The maximum Gasteiger partial charge on any atom is 0.317 e. The van der Waals surface area contributed by atoms with Crippen LogP contribution >= 0.6 is 8.25 Å². The van der Waals surface area contributed by atoms with Gasteiger partial charge in [0, 0.05) is 0 Å². The molecular weight excluding hydrogens is 317 g/mol. The Morgan fingerprint density at radius 2 is 2.23 bits per heavy atom. The molecule has 3 unspecified atom stereocenters. The highest BCUT2D eigenvalue weighted by Gasteiger charge is 2.46. The van der Waals surface area contributed by atoms with Crippen LogP contribution in [0.1, 0.15) is 6.23 Å². The number of hydrogen-bond acceptors (Lipinski definition) is 9. The van der Waals surface area contributed by atoms with Gasteiger partial charge in [-0.15, -0.1) is 0 Å². The van der Waals surface area contributed by atoms with Crippen molar-refractivity contribution in [2.24, 2.45) is 0 Å². The van der Waals surface area contributed by atoms with Crippen molar-refractivity contribution < 1.29 is 28.9 Å². The van der Waals surface area contributed by atoms with E-state index in [1.165, 1.54) is 17.2 Å². The lowest BCUT2D eigenvalue weighted by Crippen LogP contribution is -2.34. The minimum atomic E-state index is -3.30. The highest BCUT2D eigenvalue weighted by atomic mass is 31.1. The number of nitrogen functional groups attached to an aromatic ring is 1.